The molecule has 2 N–H and O–H groups in total. The van der Waals surface area contributed by atoms with Crippen LogP contribution in [0.25, 0.3) is 0 Å². The topological polar surface area (TPSA) is 29.3 Å². The molecule has 0 aliphatic heterocycles. The molecule has 2 aromatic carbocycles. The molecule has 20 heavy (non-hydrogen) atoms. The molecule has 3 heteroatoms. The predicted molar refractivity (Wildman–Crippen MR) is 82.5 cm³/mol. The summed E-state index contributed by atoms with van der Waals surface area (Å²) in [6, 6.07) is 16.8. The van der Waals surface area contributed by atoms with Gasteiger partial charge in [0, 0.05) is 31.2 Å². The van der Waals surface area contributed by atoms with Gasteiger partial charge >= 0.3 is 0 Å². The first-order valence-corrected chi connectivity index (χ1v) is 6.77. The Balaban J connectivity index is 2.22. The van der Waals surface area contributed by atoms with Gasteiger partial charge in [-0.1, -0.05) is 43.3 Å². The number of rotatable bonds is 5. The van der Waals surface area contributed by atoms with E-state index in [0.29, 0.717) is 6.54 Å². The van der Waals surface area contributed by atoms with Crippen LogP contribution in [0.2, 0.25) is 0 Å². The molecule has 0 saturated heterocycles. The number of likely N-dealkylation sites (N-methyl/N-ethyl adjacent to an activating group) is 1. The Morgan fingerprint density at radius 1 is 1.10 bits per heavy atom. The van der Waals surface area contributed by atoms with Crippen molar-refractivity contribution in [2.45, 2.75) is 12.3 Å². The third-order valence-corrected chi connectivity index (χ3v) is 3.76. The highest BCUT2D eigenvalue weighted by molar-refractivity contribution is 5.47. The summed E-state index contributed by atoms with van der Waals surface area (Å²) < 4.78 is 13.3. The summed E-state index contributed by atoms with van der Waals surface area (Å²) in [6.45, 7) is 3.41. The second-order valence-corrected chi connectivity index (χ2v) is 5.47. The zero-order valence-electron chi connectivity index (χ0n) is 12.0. The first kappa shape index (κ1) is 14.5. The van der Waals surface area contributed by atoms with Gasteiger partial charge in [0.2, 0.25) is 0 Å². The van der Waals surface area contributed by atoms with Gasteiger partial charge in [0.05, 0.1) is 0 Å². The molecule has 106 valence electrons. The number of benzene rings is 2. The molecular weight excluding hydrogens is 251 g/mol. The Kier molecular flexibility index (Phi) is 4.40. The lowest BCUT2D eigenvalue weighted by Crippen LogP contribution is -2.42. The van der Waals surface area contributed by atoms with E-state index in [1.54, 1.807) is 12.1 Å². The van der Waals surface area contributed by atoms with Gasteiger partial charge in [0.25, 0.3) is 0 Å². The molecule has 0 spiro atoms. The molecule has 2 rings (SSSR count). The number of anilines is 1. The summed E-state index contributed by atoms with van der Waals surface area (Å²) in [6.07, 6.45) is 0. The Hall–Kier alpha value is -1.87. The maximum absolute atomic E-state index is 13.3. The highest BCUT2D eigenvalue weighted by Gasteiger charge is 2.26. The highest BCUT2D eigenvalue weighted by Crippen LogP contribution is 2.26. The largest absolute Gasteiger partial charge is 0.374 e. The van der Waals surface area contributed by atoms with Crippen molar-refractivity contribution in [2.75, 3.05) is 25.0 Å². The van der Waals surface area contributed by atoms with Crippen LogP contribution >= 0.6 is 0 Å². The molecule has 0 aliphatic rings. The van der Waals surface area contributed by atoms with Gasteiger partial charge in [-0.3, -0.25) is 0 Å². The molecule has 1 atom stereocenters. The van der Waals surface area contributed by atoms with Crippen LogP contribution in [0.4, 0.5) is 10.1 Å². The van der Waals surface area contributed by atoms with Crippen molar-refractivity contribution in [1.29, 1.82) is 0 Å². The first-order valence-electron chi connectivity index (χ1n) is 6.77. The third kappa shape index (κ3) is 3.17. The lowest BCUT2D eigenvalue weighted by Gasteiger charge is -2.34. The van der Waals surface area contributed by atoms with Gasteiger partial charge in [0.15, 0.2) is 0 Å². The molecule has 0 aromatic heterocycles. The Morgan fingerprint density at radius 3 is 2.40 bits per heavy atom. The van der Waals surface area contributed by atoms with Gasteiger partial charge in [-0.15, -0.1) is 0 Å². The van der Waals surface area contributed by atoms with E-state index in [9.17, 15) is 4.39 Å². The summed E-state index contributed by atoms with van der Waals surface area (Å²) in [7, 11) is 1.96. The van der Waals surface area contributed by atoms with Crippen molar-refractivity contribution in [2.24, 2.45) is 5.73 Å². The predicted octanol–water partition coefficient (Wildman–Crippen LogP) is 3.18. The second kappa shape index (κ2) is 6.06. The maximum Gasteiger partial charge on any atom is 0.125 e. The number of hydrogen-bond acceptors (Lipinski definition) is 2. The molecule has 1 unspecified atom stereocenters. The molecule has 2 nitrogen and oxygen atoms in total. The van der Waals surface area contributed by atoms with E-state index in [1.165, 1.54) is 11.6 Å². The Bertz CT molecular complexity index is 556. The van der Waals surface area contributed by atoms with Gasteiger partial charge in [-0.05, 0) is 23.8 Å². The lowest BCUT2D eigenvalue weighted by atomic mass is 9.82. The minimum absolute atomic E-state index is 0.164. The van der Waals surface area contributed by atoms with Crippen LogP contribution in [0.1, 0.15) is 12.5 Å². The minimum atomic E-state index is -0.219. The third-order valence-electron chi connectivity index (χ3n) is 3.76. The van der Waals surface area contributed by atoms with E-state index in [4.69, 9.17) is 5.73 Å². The number of nitrogens with zero attached hydrogens (tertiary/aromatic N) is 1. The second-order valence-electron chi connectivity index (χ2n) is 5.47. The fraction of sp³-hybridized carbons (Fsp3) is 0.294. The molecule has 0 radical (unpaired) electrons. The monoisotopic (exact) mass is 272 g/mol. The van der Waals surface area contributed by atoms with Crippen LogP contribution in [-0.4, -0.2) is 20.1 Å². The van der Waals surface area contributed by atoms with E-state index in [1.807, 2.05) is 36.2 Å². The number of halogens is 1. The maximum atomic E-state index is 13.3. The molecule has 2 aromatic rings. The van der Waals surface area contributed by atoms with Gasteiger partial charge in [0.1, 0.15) is 5.82 Å². The van der Waals surface area contributed by atoms with Crippen molar-refractivity contribution in [3.8, 4) is 0 Å². The summed E-state index contributed by atoms with van der Waals surface area (Å²) in [5.74, 6) is -0.219. The molecule has 0 aliphatic carbocycles. The van der Waals surface area contributed by atoms with Crippen molar-refractivity contribution >= 4 is 5.69 Å². The zero-order valence-corrected chi connectivity index (χ0v) is 12.0. The van der Waals surface area contributed by atoms with Crippen LogP contribution in [0, 0.1) is 5.82 Å². The van der Waals surface area contributed by atoms with Gasteiger partial charge in [-0.25, -0.2) is 4.39 Å². The molecule has 0 heterocycles. The van der Waals surface area contributed by atoms with Crippen LogP contribution < -0.4 is 10.6 Å². The van der Waals surface area contributed by atoms with Gasteiger partial charge in [-0.2, -0.15) is 0 Å². The normalized spacial score (nSPS) is 13.8. The van der Waals surface area contributed by atoms with Crippen molar-refractivity contribution in [3.05, 3.63) is 66.0 Å². The summed E-state index contributed by atoms with van der Waals surface area (Å²) in [4.78, 5) is 2.04. The fourth-order valence-electron chi connectivity index (χ4n) is 2.44. The highest BCUT2D eigenvalue weighted by atomic mass is 19.1. The summed E-state index contributed by atoms with van der Waals surface area (Å²) >= 11 is 0. The first-order chi connectivity index (χ1) is 9.55. The summed E-state index contributed by atoms with van der Waals surface area (Å²) in [5.41, 5.74) is 7.89. The number of hydrogen-bond donors (Lipinski definition) is 1. The summed E-state index contributed by atoms with van der Waals surface area (Å²) in [5, 5.41) is 0. The van der Waals surface area contributed by atoms with E-state index in [-0.39, 0.29) is 11.2 Å². The van der Waals surface area contributed by atoms with Crippen LogP contribution in [0.5, 0.6) is 0 Å². The Labute approximate surface area is 120 Å². The molecular formula is C17H21FN2. The van der Waals surface area contributed by atoms with Crippen LogP contribution in [-0.2, 0) is 5.41 Å². The molecule has 0 fully saturated rings. The van der Waals surface area contributed by atoms with Crippen LogP contribution in [0.15, 0.2) is 54.6 Å². The van der Waals surface area contributed by atoms with Gasteiger partial charge < -0.3 is 10.6 Å². The van der Waals surface area contributed by atoms with Crippen molar-refractivity contribution in [3.63, 3.8) is 0 Å². The standard InChI is InChI=1S/C17H21FN2/c1-17(12-19,14-7-4-3-5-8-14)13-20(2)16-10-6-9-15(18)11-16/h3-11H,12-13,19H2,1-2H3. The molecule has 0 amide bonds. The fourth-order valence-corrected chi connectivity index (χ4v) is 2.44. The molecule has 0 saturated carbocycles. The Morgan fingerprint density at radius 2 is 1.80 bits per heavy atom. The van der Waals surface area contributed by atoms with Crippen molar-refractivity contribution in [1.82, 2.24) is 0 Å². The number of nitrogens with two attached hydrogens (primary N) is 1. The van der Waals surface area contributed by atoms with E-state index in [0.717, 1.165) is 12.2 Å². The van der Waals surface area contributed by atoms with Crippen LogP contribution in [0.3, 0.4) is 0 Å². The smallest absolute Gasteiger partial charge is 0.125 e. The minimum Gasteiger partial charge on any atom is -0.374 e. The average Bonchev–Trinajstić information content (AvgIpc) is 2.48. The van der Waals surface area contributed by atoms with E-state index in [2.05, 4.69) is 19.1 Å². The molecule has 0 bridgehead atoms. The quantitative estimate of drug-likeness (QED) is 0.906. The zero-order chi connectivity index (χ0) is 14.6. The van der Waals surface area contributed by atoms with E-state index >= 15 is 0 Å². The van der Waals surface area contributed by atoms with E-state index < -0.39 is 0 Å². The SMILES string of the molecule is CN(CC(C)(CN)c1ccccc1)c1cccc(F)c1. The lowest BCUT2D eigenvalue weighted by molar-refractivity contribution is 0.485. The van der Waals surface area contributed by atoms with Crippen molar-refractivity contribution < 1.29 is 4.39 Å². The average molecular weight is 272 g/mol.